The Balaban J connectivity index is 2.71. The van der Waals surface area contributed by atoms with Gasteiger partial charge in [-0.2, -0.15) is 0 Å². The molecule has 0 heterocycles. The number of hydrogen-bond donors (Lipinski definition) is 1. The van der Waals surface area contributed by atoms with Crippen molar-refractivity contribution in [3.05, 3.63) is 34.4 Å². The summed E-state index contributed by atoms with van der Waals surface area (Å²) in [6.45, 7) is 10.2. The highest BCUT2D eigenvalue weighted by Gasteiger charge is 2.15. The van der Waals surface area contributed by atoms with Crippen molar-refractivity contribution < 1.29 is 4.79 Å². The van der Waals surface area contributed by atoms with Crippen LogP contribution in [0.1, 0.15) is 48.9 Å². The lowest BCUT2D eigenvalue weighted by Crippen LogP contribution is -2.32. The number of aryl methyl sites for hydroxylation is 3. The molecule has 100 valence electrons. The highest BCUT2D eigenvalue weighted by Crippen LogP contribution is 2.18. The minimum atomic E-state index is -0.257. The maximum atomic E-state index is 12.0. The van der Waals surface area contributed by atoms with Crippen LogP contribution in [0.5, 0.6) is 0 Å². The first-order valence-electron chi connectivity index (χ1n) is 6.56. The molecule has 1 rings (SSSR count). The van der Waals surface area contributed by atoms with E-state index in [2.05, 4.69) is 32.9 Å². The third-order valence-electron chi connectivity index (χ3n) is 3.26. The van der Waals surface area contributed by atoms with E-state index in [4.69, 9.17) is 5.73 Å². The second-order valence-corrected chi connectivity index (χ2v) is 6.08. The standard InChI is InChI=1S/C16H25NO/c1-11-8-12(2)15(13(3)9-11)10-14(18)6-7-16(4,5)17/h8-9H,6-7,10,17H2,1-5H3. The average Bonchev–Trinajstić information content (AvgIpc) is 2.19. The lowest BCUT2D eigenvalue weighted by molar-refractivity contribution is -0.118. The van der Waals surface area contributed by atoms with Gasteiger partial charge in [0.05, 0.1) is 0 Å². The lowest BCUT2D eigenvalue weighted by Gasteiger charge is -2.18. The summed E-state index contributed by atoms with van der Waals surface area (Å²) in [4.78, 5) is 12.0. The zero-order chi connectivity index (χ0) is 13.9. The largest absolute Gasteiger partial charge is 0.326 e. The molecule has 0 saturated carbocycles. The fourth-order valence-electron chi connectivity index (χ4n) is 2.24. The molecule has 1 aromatic carbocycles. The Labute approximate surface area is 111 Å². The van der Waals surface area contributed by atoms with Crippen LogP contribution in [0.2, 0.25) is 0 Å². The Bertz CT molecular complexity index is 418. The topological polar surface area (TPSA) is 43.1 Å². The van der Waals surface area contributed by atoms with Gasteiger partial charge in [0.1, 0.15) is 5.78 Å². The van der Waals surface area contributed by atoms with Gasteiger partial charge in [0.2, 0.25) is 0 Å². The van der Waals surface area contributed by atoms with Crippen LogP contribution in [0.15, 0.2) is 12.1 Å². The van der Waals surface area contributed by atoms with Crippen LogP contribution in [0.25, 0.3) is 0 Å². The van der Waals surface area contributed by atoms with Gasteiger partial charge >= 0.3 is 0 Å². The summed E-state index contributed by atoms with van der Waals surface area (Å²) in [5.41, 5.74) is 10.5. The van der Waals surface area contributed by atoms with Gasteiger partial charge in [0.25, 0.3) is 0 Å². The third-order valence-corrected chi connectivity index (χ3v) is 3.26. The van der Waals surface area contributed by atoms with Gasteiger partial charge in [-0.25, -0.2) is 0 Å². The molecule has 0 atom stereocenters. The molecule has 0 aliphatic carbocycles. The molecule has 0 aromatic heterocycles. The molecule has 0 bridgehead atoms. The van der Waals surface area contributed by atoms with E-state index in [1.54, 1.807) is 0 Å². The molecular formula is C16H25NO. The van der Waals surface area contributed by atoms with Crippen LogP contribution < -0.4 is 5.73 Å². The molecule has 0 spiro atoms. The minimum absolute atomic E-state index is 0.257. The van der Waals surface area contributed by atoms with Crippen molar-refractivity contribution in [3.63, 3.8) is 0 Å². The van der Waals surface area contributed by atoms with E-state index in [9.17, 15) is 4.79 Å². The quantitative estimate of drug-likeness (QED) is 0.868. The van der Waals surface area contributed by atoms with E-state index < -0.39 is 0 Å². The van der Waals surface area contributed by atoms with E-state index in [1.807, 2.05) is 13.8 Å². The maximum absolute atomic E-state index is 12.0. The van der Waals surface area contributed by atoms with Crippen LogP contribution in [0.3, 0.4) is 0 Å². The van der Waals surface area contributed by atoms with Crippen molar-refractivity contribution in [1.29, 1.82) is 0 Å². The Kier molecular flexibility index (Phi) is 4.69. The normalized spacial score (nSPS) is 11.7. The lowest BCUT2D eigenvalue weighted by atomic mass is 9.92. The molecule has 2 nitrogen and oxygen atoms in total. The predicted octanol–water partition coefficient (Wildman–Crippen LogP) is 3.24. The summed E-state index contributed by atoms with van der Waals surface area (Å²) in [5, 5.41) is 0. The Morgan fingerprint density at radius 2 is 1.67 bits per heavy atom. The van der Waals surface area contributed by atoms with Gasteiger partial charge in [-0.1, -0.05) is 17.7 Å². The van der Waals surface area contributed by atoms with Crippen LogP contribution in [-0.2, 0) is 11.2 Å². The number of hydrogen-bond acceptors (Lipinski definition) is 2. The fourth-order valence-corrected chi connectivity index (χ4v) is 2.24. The predicted molar refractivity (Wildman–Crippen MR) is 76.9 cm³/mol. The summed E-state index contributed by atoms with van der Waals surface area (Å²) in [7, 11) is 0. The van der Waals surface area contributed by atoms with Crippen LogP contribution in [0, 0.1) is 20.8 Å². The number of carbonyl (C=O) groups is 1. The van der Waals surface area contributed by atoms with Gasteiger partial charge < -0.3 is 5.73 Å². The van der Waals surface area contributed by atoms with Crippen molar-refractivity contribution in [2.75, 3.05) is 0 Å². The first kappa shape index (κ1) is 14.9. The molecule has 1 aromatic rings. The van der Waals surface area contributed by atoms with Gasteiger partial charge in [0, 0.05) is 18.4 Å². The molecule has 0 fully saturated rings. The molecule has 0 radical (unpaired) electrons. The van der Waals surface area contributed by atoms with Gasteiger partial charge in [-0.3, -0.25) is 4.79 Å². The Morgan fingerprint density at radius 3 is 2.11 bits per heavy atom. The second-order valence-electron chi connectivity index (χ2n) is 6.08. The summed E-state index contributed by atoms with van der Waals surface area (Å²) in [6, 6.07) is 4.28. The number of Topliss-reactive ketones (excluding diaryl/α,β-unsaturated/α-hetero) is 1. The Morgan fingerprint density at radius 1 is 1.17 bits per heavy atom. The maximum Gasteiger partial charge on any atom is 0.137 e. The molecular weight excluding hydrogens is 222 g/mol. The summed E-state index contributed by atoms with van der Waals surface area (Å²) in [6.07, 6.45) is 1.85. The molecule has 2 N–H and O–H groups in total. The number of carbonyl (C=O) groups excluding carboxylic acids is 1. The smallest absolute Gasteiger partial charge is 0.137 e. The van der Waals surface area contributed by atoms with E-state index in [1.165, 1.54) is 22.3 Å². The molecule has 0 amide bonds. The van der Waals surface area contributed by atoms with Gasteiger partial charge in [-0.05, 0) is 57.7 Å². The van der Waals surface area contributed by atoms with Crippen molar-refractivity contribution in [1.82, 2.24) is 0 Å². The second kappa shape index (κ2) is 5.66. The van der Waals surface area contributed by atoms with Crippen LogP contribution in [0.4, 0.5) is 0 Å². The molecule has 18 heavy (non-hydrogen) atoms. The zero-order valence-corrected chi connectivity index (χ0v) is 12.3. The van der Waals surface area contributed by atoms with Crippen molar-refractivity contribution in [3.8, 4) is 0 Å². The molecule has 0 saturated heterocycles. The number of nitrogens with two attached hydrogens (primary N) is 1. The zero-order valence-electron chi connectivity index (χ0n) is 12.3. The van der Waals surface area contributed by atoms with Crippen LogP contribution in [-0.4, -0.2) is 11.3 Å². The first-order valence-corrected chi connectivity index (χ1v) is 6.56. The highest BCUT2D eigenvalue weighted by atomic mass is 16.1. The first-order chi connectivity index (χ1) is 8.19. The summed E-state index contributed by atoms with van der Waals surface area (Å²) < 4.78 is 0. The molecule has 0 aliphatic rings. The van der Waals surface area contributed by atoms with Crippen molar-refractivity contribution in [2.24, 2.45) is 5.73 Å². The van der Waals surface area contributed by atoms with E-state index in [0.717, 1.165) is 6.42 Å². The van der Waals surface area contributed by atoms with Gasteiger partial charge in [0.15, 0.2) is 0 Å². The summed E-state index contributed by atoms with van der Waals surface area (Å²) >= 11 is 0. The molecule has 0 aliphatic heterocycles. The van der Waals surface area contributed by atoms with E-state index in [0.29, 0.717) is 12.8 Å². The SMILES string of the molecule is Cc1cc(C)c(CC(=O)CCC(C)(C)N)c(C)c1. The minimum Gasteiger partial charge on any atom is -0.326 e. The number of benzene rings is 1. The summed E-state index contributed by atoms with van der Waals surface area (Å²) in [5.74, 6) is 0.281. The van der Waals surface area contributed by atoms with E-state index >= 15 is 0 Å². The molecule has 0 unspecified atom stereocenters. The number of ketones is 1. The fraction of sp³-hybridized carbons (Fsp3) is 0.562. The number of rotatable bonds is 5. The van der Waals surface area contributed by atoms with Gasteiger partial charge in [-0.15, -0.1) is 0 Å². The third kappa shape index (κ3) is 4.61. The average molecular weight is 247 g/mol. The highest BCUT2D eigenvalue weighted by molar-refractivity contribution is 5.81. The molecule has 2 heteroatoms. The van der Waals surface area contributed by atoms with Crippen molar-refractivity contribution in [2.45, 2.75) is 59.4 Å². The van der Waals surface area contributed by atoms with Crippen LogP contribution >= 0.6 is 0 Å². The van der Waals surface area contributed by atoms with Crippen molar-refractivity contribution >= 4 is 5.78 Å². The monoisotopic (exact) mass is 247 g/mol. The Hall–Kier alpha value is -1.15. The van der Waals surface area contributed by atoms with E-state index in [-0.39, 0.29) is 11.3 Å².